The van der Waals surface area contributed by atoms with Crippen LogP contribution in [0.15, 0.2) is 30.3 Å². The highest BCUT2D eigenvalue weighted by atomic mass is 15.2. The maximum atomic E-state index is 9.38. The maximum absolute atomic E-state index is 9.38. The second kappa shape index (κ2) is 5.71. The number of nitriles is 1. The van der Waals surface area contributed by atoms with Crippen LogP contribution in [-0.4, -0.2) is 24.1 Å². The second-order valence-electron chi connectivity index (χ2n) is 5.86. The summed E-state index contributed by atoms with van der Waals surface area (Å²) in [6.45, 7) is 3.98. The molecule has 3 rings (SSSR count). The molecule has 4 nitrogen and oxygen atoms in total. The van der Waals surface area contributed by atoms with Crippen LogP contribution in [0.4, 0.5) is 5.82 Å². The Morgan fingerprint density at radius 2 is 2.24 bits per heavy atom. The maximum Gasteiger partial charge on any atom is 0.130 e. The highest BCUT2D eigenvalue weighted by Crippen LogP contribution is 2.27. The molecule has 2 aromatic rings. The zero-order valence-electron chi connectivity index (χ0n) is 12.3. The van der Waals surface area contributed by atoms with Crippen LogP contribution in [0, 0.1) is 17.2 Å². The lowest BCUT2D eigenvalue weighted by atomic mass is 9.92. The molecule has 2 N–H and O–H groups in total. The average Bonchev–Trinajstić information content (AvgIpc) is 2.53. The van der Waals surface area contributed by atoms with E-state index in [2.05, 4.69) is 17.9 Å². The van der Waals surface area contributed by atoms with Crippen molar-refractivity contribution in [2.24, 2.45) is 11.7 Å². The largest absolute Gasteiger partial charge is 0.356 e. The van der Waals surface area contributed by atoms with Crippen molar-refractivity contribution >= 4 is 16.7 Å². The minimum atomic E-state index is 0.198. The number of fused-ring (bicyclic) bond motifs is 1. The Balaban J connectivity index is 1.99. The van der Waals surface area contributed by atoms with E-state index in [4.69, 9.17) is 10.7 Å². The van der Waals surface area contributed by atoms with Crippen molar-refractivity contribution in [1.29, 1.82) is 5.26 Å². The number of para-hydroxylation sites is 1. The van der Waals surface area contributed by atoms with Gasteiger partial charge >= 0.3 is 0 Å². The molecular weight excluding hydrogens is 260 g/mol. The highest BCUT2D eigenvalue weighted by Gasteiger charge is 2.24. The van der Waals surface area contributed by atoms with Crippen molar-refractivity contribution in [3.05, 3.63) is 35.9 Å². The number of hydrogen-bond donors (Lipinski definition) is 1. The lowest BCUT2D eigenvalue weighted by Gasteiger charge is -2.35. The number of rotatable bonds is 2. The van der Waals surface area contributed by atoms with E-state index < -0.39 is 0 Å². The van der Waals surface area contributed by atoms with E-state index in [1.54, 1.807) is 0 Å². The minimum Gasteiger partial charge on any atom is -0.356 e. The van der Waals surface area contributed by atoms with E-state index in [1.165, 1.54) is 6.42 Å². The molecule has 0 amide bonds. The fourth-order valence-electron chi connectivity index (χ4n) is 3.06. The second-order valence-corrected chi connectivity index (χ2v) is 5.86. The molecule has 1 aromatic heterocycles. The summed E-state index contributed by atoms with van der Waals surface area (Å²) in [5.74, 6) is 1.40. The van der Waals surface area contributed by atoms with Crippen LogP contribution in [0.1, 0.15) is 25.3 Å². The van der Waals surface area contributed by atoms with Gasteiger partial charge in [0.25, 0.3) is 0 Å². The van der Waals surface area contributed by atoms with Crippen molar-refractivity contribution in [3.8, 4) is 6.07 Å². The van der Waals surface area contributed by atoms with Gasteiger partial charge < -0.3 is 10.6 Å². The average molecular weight is 280 g/mol. The summed E-state index contributed by atoms with van der Waals surface area (Å²) in [6, 6.07) is 12.2. The number of hydrogen-bond acceptors (Lipinski definition) is 4. The van der Waals surface area contributed by atoms with Gasteiger partial charge in [0.15, 0.2) is 0 Å². The third-order valence-corrected chi connectivity index (χ3v) is 4.35. The predicted octanol–water partition coefficient (Wildman–Crippen LogP) is 2.67. The molecule has 1 fully saturated rings. The van der Waals surface area contributed by atoms with Crippen molar-refractivity contribution in [2.75, 3.05) is 18.0 Å². The summed E-state index contributed by atoms with van der Waals surface area (Å²) in [6.07, 6.45) is 2.30. The van der Waals surface area contributed by atoms with Crippen LogP contribution in [-0.2, 0) is 0 Å². The first-order valence-electron chi connectivity index (χ1n) is 7.49. The van der Waals surface area contributed by atoms with Gasteiger partial charge in [-0.2, -0.15) is 5.26 Å². The quantitative estimate of drug-likeness (QED) is 0.918. The van der Waals surface area contributed by atoms with Gasteiger partial charge in [-0.25, -0.2) is 4.98 Å². The van der Waals surface area contributed by atoms with Gasteiger partial charge in [-0.05, 0) is 37.8 Å². The van der Waals surface area contributed by atoms with Crippen LogP contribution in [0.25, 0.3) is 10.9 Å². The van der Waals surface area contributed by atoms with Gasteiger partial charge in [-0.15, -0.1) is 0 Å². The van der Waals surface area contributed by atoms with Crippen molar-refractivity contribution in [2.45, 2.75) is 25.8 Å². The Hall–Kier alpha value is -2.12. The smallest absolute Gasteiger partial charge is 0.130 e. The molecule has 2 heterocycles. The Labute approximate surface area is 125 Å². The molecule has 0 saturated carbocycles. The molecule has 0 aliphatic carbocycles. The Bertz CT molecular complexity index is 687. The zero-order valence-corrected chi connectivity index (χ0v) is 12.3. The van der Waals surface area contributed by atoms with Crippen LogP contribution in [0.2, 0.25) is 0 Å². The summed E-state index contributed by atoms with van der Waals surface area (Å²) in [4.78, 5) is 7.00. The summed E-state index contributed by atoms with van der Waals surface area (Å²) in [5, 5.41) is 10.3. The number of anilines is 1. The summed E-state index contributed by atoms with van der Waals surface area (Å²) < 4.78 is 0. The number of benzene rings is 1. The standard InChI is InChI=1S/C17H20N4/c1-12(19)13-5-4-8-21(11-13)17-9-14(10-18)15-6-2-3-7-16(15)20-17/h2-3,6-7,9,12-13H,4-5,8,11,19H2,1H3. The first-order chi connectivity index (χ1) is 10.2. The summed E-state index contributed by atoms with van der Waals surface area (Å²) in [7, 11) is 0. The molecule has 1 aliphatic heterocycles. The molecule has 2 atom stereocenters. The Morgan fingerprint density at radius 3 is 3.00 bits per heavy atom. The fraction of sp³-hybridized carbons (Fsp3) is 0.412. The van der Waals surface area contributed by atoms with Crippen LogP contribution in [0.5, 0.6) is 0 Å². The molecular formula is C17H20N4. The van der Waals surface area contributed by atoms with Gasteiger partial charge in [0, 0.05) is 24.5 Å². The third-order valence-electron chi connectivity index (χ3n) is 4.35. The molecule has 108 valence electrons. The molecule has 1 aliphatic rings. The van der Waals surface area contributed by atoms with Crippen molar-refractivity contribution in [3.63, 3.8) is 0 Å². The number of pyridine rings is 1. The molecule has 0 spiro atoms. The van der Waals surface area contributed by atoms with Gasteiger partial charge in [-0.3, -0.25) is 0 Å². The van der Waals surface area contributed by atoms with E-state index in [-0.39, 0.29) is 6.04 Å². The number of nitrogens with two attached hydrogens (primary N) is 1. The SMILES string of the molecule is CC(N)C1CCCN(c2cc(C#N)c3ccccc3n2)C1. The lowest BCUT2D eigenvalue weighted by Crippen LogP contribution is -2.42. The van der Waals surface area contributed by atoms with E-state index >= 15 is 0 Å². The first kappa shape index (κ1) is 13.8. The Kier molecular flexibility index (Phi) is 3.76. The molecule has 4 heteroatoms. The van der Waals surface area contributed by atoms with Crippen LogP contribution in [0.3, 0.4) is 0 Å². The number of aromatic nitrogens is 1. The Morgan fingerprint density at radius 1 is 1.43 bits per heavy atom. The lowest BCUT2D eigenvalue weighted by molar-refractivity contribution is 0.363. The van der Waals surface area contributed by atoms with E-state index in [9.17, 15) is 5.26 Å². The first-order valence-corrected chi connectivity index (χ1v) is 7.49. The van der Waals surface area contributed by atoms with E-state index in [0.29, 0.717) is 11.5 Å². The highest BCUT2D eigenvalue weighted by molar-refractivity contribution is 5.86. The zero-order chi connectivity index (χ0) is 14.8. The summed E-state index contributed by atoms with van der Waals surface area (Å²) >= 11 is 0. The van der Waals surface area contributed by atoms with Crippen LogP contribution < -0.4 is 10.6 Å². The number of nitrogens with zero attached hydrogens (tertiary/aromatic N) is 3. The topological polar surface area (TPSA) is 65.9 Å². The minimum absolute atomic E-state index is 0.198. The summed E-state index contributed by atoms with van der Waals surface area (Å²) in [5.41, 5.74) is 7.63. The molecule has 0 bridgehead atoms. The van der Waals surface area contributed by atoms with Gasteiger partial charge in [-0.1, -0.05) is 18.2 Å². The van der Waals surface area contributed by atoms with Gasteiger partial charge in [0.2, 0.25) is 0 Å². The monoisotopic (exact) mass is 280 g/mol. The fourth-order valence-corrected chi connectivity index (χ4v) is 3.06. The third kappa shape index (κ3) is 2.70. The molecule has 21 heavy (non-hydrogen) atoms. The van der Waals surface area contributed by atoms with E-state index in [1.807, 2.05) is 30.3 Å². The molecule has 1 aromatic carbocycles. The molecule has 1 saturated heterocycles. The molecule has 2 unspecified atom stereocenters. The molecule has 0 radical (unpaired) electrons. The van der Waals surface area contributed by atoms with Gasteiger partial charge in [0.1, 0.15) is 5.82 Å². The normalized spacial score (nSPS) is 20.2. The number of piperidine rings is 1. The van der Waals surface area contributed by atoms with Gasteiger partial charge in [0.05, 0.1) is 17.1 Å². The van der Waals surface area contributed by atoms with E-state index in [0.717, 1.165) is 36.2 Å². The predicted molar refractivity (Wildman–Crippen MR) is 85.0 cm³/mol. The van der Waals surface area contributed by atoms with Crippen molar-refractivity contribution in [1.82, 2.24) is 4.98 Å². The van der Waals surface area contributed by atoms with Crippen LogP contribution >= 0.6 is 0 Å². The van der Waals surface area contributed by atoms with Crippen molar-refractivity contribution < 1.29 is 0 Å².